The smallest absolute Gasteiger partial charge is 0.381 e. The van der Waals surface area contributed by atoms with Crippen molar-refractivity contribution in [2.24, 2.45) is 17.3 Å². The second-order valence-corrected chi connectivity index (χ2v) is 10.3. The lowest BCUT2D eigenvalue weighted by Crippen LogP contribution is -2.49. The number of hydrogen-bond acceptors (Lipinski definition) is 3. The molecule has 2 aliphatic heterocycles. The fourth-order valence-electron chi connectivity index (χ4n) is 5.84. The molecule has 1 aromatic carbocycles. The highest BCUT2D eigenvalue weighted by Crippen LogP contribution is 2.47. The van der Waals surface area contributed by atoms with E-state index in [9.17, 15) is 18.0 Å². The van der Waals surface area contributed by atoms with Crippen LogP contribution in [0, 0.1) is 17.3 Å². The van der Waals surface area contributed by atoms with E-state index in [0.717, 1.165) is 50.5 Å². The molecule has 7 heteroatoms. The Morgan fingerprint density at radius 1 is 1.25 bits per heavy atom. The van der Waals surface area contributed by atoms with Crippen LogP contribution in [0.5, 0.6) is 0 Å². The Balaban J connectivity index is 1.48. The van der Waals surface area contributed by atoms with Crippen LogP contribution in [0.2, 0.25) is 0 Å². The molecule has 1 unspecified atom stereocenters. The van der Waals surface area contributed by atoms with Crippen molar-refractivity contribution in [3.63, 3.8) is 0 Å². The molecule has 1 aliphatic carbocycles. The van der Waals surface area contributed by atoms with E-state index in [1.54, 1.807) is 6.07 Å². The highest BCUT2D eigenvalue weighted by atomic mass is 19.4. The van der Waals surface area contributed by atoms with E-state index in [4.69, 9.17) is 4.74 Å². The van der Waals surface area contributed by atoms with Gasteiger partial charge in [0, 0.05) is 31.8 Å². The molecule has 1 saturated heterocycles. The van der Waals surface area contributed by atoms with Crippen LogP contribution in [-0.4, -0.2) is 42.6 Å². The first-order valence-corrected chi connectivity index (χ1v) is 11.9. The van der Waals surface area contributed by atoms with E-state index in [0.29, 0.717) is 36.5 Å². The van der Waals surface area contributed by atoms with E-state index in [2.05, 4.69) is 26.1 Å². The number of rotatable bonds is 4. The number of nitrogens with one attached hydrogen (secondary N) is 1. The maximum absolute atomic E-state index is 13.8. The number of benzene rings is 1. The number of halogens is 3. The number of ether oxygens (including phenoxy) is 1. The number of alkyl halides is 3. The minimum atomic E-state index is -4.37. The van der Waals surface area contributed by atoms with Crippen LogP contribution < -0.4 is 5.32 Å². The van der Waals surface area contributed by atoms with Crippen molar-refractivity contribution in [2.45, 2.75) is 77.7 Å². The highest BCUT2D eigenvalue weighted by Gasteiger charge is 2.50. The van der Waals surface area contributed by atoms with E-state index in [1.165, 1.54) is 6.07 Å². The summed E-state index contributed by atoms with van der Waals surface area (Å²) in [7, 11) is 0. The van der Waals surface area contributed by atoms with Gasteiger partial charge in [0.2, 0.25) is 5.91 Å². The van der Waals surface area contributed by atoms with E-state index in [1.807, 2.05) is 4.90 Å². The molecule has 0 spiro atoms. The van der Waals surface area contributed by atoms with Gasteiger partial charge in [-0.2, -0.15) is 13.2 Å². The fourth-order valence-corrected chi connectivity index (χ4v) is 5.84. The van der Waals surface area contributed by atoms with Crippen molar-refractivity contribution >= 4 is 5.91 Å². The molecule has 1 saturated carbocycles. The lowest BCUT2D eigenvalue weighted by molar-refractivity contribution is -0.145. The Labute approximate surface area is 188 Å². The van der Waals surface area contributed by atoms with Gasteiger partial charge in [0.1, 0.15) is 0 Å². The normalized spacial score (nSPS) is 31.1. The van der Waals surface area contributed by atoms with Crippen molar-refractivity contribution in [3.8, 4) is 0 Å². The predicted octanol–water partition coefficient (Wildman–Crippen LogP) is 4.80. The van der Waals surface area contributed by atoms with Gasteiger partial charge in [-0.05, 0) is 67.2 Å². The van der Waals surface area contributed by atoms with Gasteiger partial charge in [-0.15, -0.1) is 0 Å². The van der Waals surface area contributed by atoms with Crippen LogP contribution in [0.1, 0.15) is 63.1 Å². The average molecular weight is 453 g/mol. The summed E-state index contributed by atoms with van der Waals surface area (Å²) in [5.74, 6) is 0.742. The van der Waals surface area contributed by atoms with Crippen molar-refractivity contribution in [1.82, 2.24) is 10.2 Å². The predicted molar refractivity (Wildman–Crippen MR) is 117 cm³/mol. The van der Waals surface area contributed by atoms with Crippen LogP contribution in [0.4, 0.5) is 13.2 Å². The topological polar surface area (TPSA) is 41.6 Å². The first-order valence-electron chi connectivity index (χ1n) is 11.9. The summed E-state index contributed by atoms with van der Waals surface area (Å²) >= 11 is 0. The van der Waals surface area contributed by atoms with Gasteiger partial charge >= 0.3 is 6.18 Å². The molecule has 32 heavy (non-hydrogen) atoms. The molecule has 0 radical (unpaired) electrons. The molecule has 178 valence electrons. The zero-order valence-corrected chi connectivity index (χ0v) is 19.3. The third kappa shape index (κ3) is 4.56. The number of fused-ring (bicyclic) bond motifs is 1. The third-order valence-electron chi connectivity index (χ3n) is 8.00. The third-order valence-corrected chi connectivity index (χ3v) is 8.00. The molecule has 1 amide bonds. The molecule has 4 rings (SSSR count). The summed E-state index contributed by atoms with van der Waals surface area (Å²) in [5.41, 5.74) is 0.451. The van der Waals surface area contributed by atoms with Crippen LogP contribution in [-0.2, 0) is 28.7 Å². The molecule has 2 heterocycles. The maximum Gasteiger partial charge on any atom is 0.416 e. The monoisotopic (exact) mass is 452 g/mol. The van der Waals surface area contributed by atoms with Gasteiger partial charge < -0.3 is 15.0 Å². The van der Waals surface area contributed by atoms with Crippen LogP contribution in [0.25, 0.3) is 0 Å². The summed E-state index contributed by atoms with van der Waals surface area (Å²) in [6.45, 7) is 8.80. The Morgan fingerprint density at radius 2 is 2.03 bits per heavy atom. The Kier molecular flexibility index (Phi) is 6.61. The fraction of sp³-hybridized carbons (Fsp3) is 0.720. The molecule has 1 aromatic rings. The Hall–Kier alpha value is -1.60. The summed E-state index contributed by atoms with van der Waals surface area (Å²) in [6, 6.07) is 4.65. The molecular weight excluding hydrogens is 417 g/mol. The van der Waals surface area contributed by atoms with Gasteiger partial charge in [-0.1, -0.05) is 26.8 Å². The van der Waals surface area contributed by atoms with Gasteiger partial charge in [0.25, 0.3) is 0 Å². The molecule has 2 fully saturated rings. The van der Waals surface area contributed by atoms with Crippen molar-refractivity contribution < 1.29 is 22.7 Å². The summed E-state index contributed by atoms with van der Waals surface area (Å²) < 4.78 is 45.1. The maximum atomic E-state index is 13.8. The van der Waals surface area contributed by atoms with Gasteiger partial charge in [0.15, 0.2) is 0 Å². The largest absolute Gasteiger partial charge is 0.416 e. The lowest BCUT2D eigenvalue weighted by Gasteiger charge is -2.40. The standard InChI is InChI=1S/C25H35F3N2O2/c1-16(2)24(9-6-21(13-24)29-22-8-11-32-15-17(22)3)23(31)30-10-7-18-4-5-20(25(26,27)28)12-19(18)14-30/h4-5,12,16-17,21-22,29H,6-11,13-15H2,1-3H3/t17-,21?,22+,24+/m1/s1. The molecule has 0 bridgehead atoms. The first kappa shape index (κ1) is 23.6. The summed E-state index contributed by atoms with van der Waals surface area (Å²) in [4.78, 5) is 15.6. The summed E-state index contributed by atoms with van der Waals surface area (Å²) in [6.07, 6.45) is -0.202. The average Bonchev–Trinajstić information content (AvgIpc) is 3.19. The van der Waals surface area contributed by atoms with Gasteiger partial charge in [-0.3, -0.25) is 4.79 Å². The zero-order valence-electron chi connectivity index (χ0n) is 19.3. The van der Waals surface area contributed by atoms with Crippen LogP contribution >= 0.6 is 0 Å². The molecule has 4 atom stereocenters. The Morgan fingerprint density at radius 3 is 2.72 bits per heavy atom. The number of carbonyl (C=O) groups is 1. The molecular formula is C25H35F3N2O2. The molecule has 3 aliphatic rings. The quantitative estimate of drug-likeness (QED) is 0.714. The highest BCUT2D eigenvalue weighted by molar-refractivity contribution is 5.84. The first-order chi connectivity index (χ1) is 15.1. The second-order valence-electron chi connectivity index (χ2n) is 10.3. The number of nitrogens with zero attached hydrogens (tertiary/aromatic N) is 1. The second kappa shape index (κ2) is 8.98. The van der Waals surface area contributed by atoms with Crippen molar-refractivity contribution in [2.75, 3.05) is 19.8 Å². The van der Waals surface area contributed by atoms with Crippen LogP contribution in [0.3, 0.4) is 0 Å². The SMILES string of the molecule is CC(C)[C@]1(C(=O)N2CCc3ccc(C(F)(F)F)cc3C2)CCC(N[C@H]2CCOC[C@H]2C)C1. The van der Waals surface area contributed by atoms with E-state index in [-0.39, 0.29) is 18.4 Å². The minimum absolute atomic E-state index is 0.111. The Bertz CT molecular complexity index is 841. The minimum Gasteiger partial charge on any atom is -0.381 e. The molecule has 4 nitrogen and oxygen atoms in total. The van der Waals surface area contributed by atoms with Crippen LogP contribution in [0.15, 0.2) is 18.2 Å². The van der Waals surface area contributed by atoms with Gasteiger partial charge in [-0.25, -0.2) is 0 Å². The number of hydrogen-bond donors (Lipinski definition) is 1. The van der Waals surface area contributed by atoms with Crippen molar-refractivity contribution in [1.29, 1.82) is 0 Å². The van der Waals surface area contributed by atoms with E-state index < -0.39 is 17.2 Å². The molecule has 1 N–H and O–H groups in total. The summed E-state index contributed by atoms with van der Waals surface area (Å²) in [5, 5.41) is 3.80. The number of carbonyl (C=O) groups excluding carboxylic acids is 1. The van der Waals surface area contributed by atoms with Gasteiger partial charge in [0.05, 0.1) is 17.6 Å². The van der Waals surface area contributed by atoms with Crippen molar-refractivity contribution in [3.05, 3.63) is 34.9 Å². The lowest BCUT2D eigenvalue weighted by atomic mass is 9.73. The molecule has 0 aromatic heterocycles. The zero-order chi connectivity index (χ0) is 23.1. The number of amides is 1. The van der Waals surface area contributed by atoms with E-state index >= 15 is 0 Å².